The number of hydrogen-bond donors (Lipinski definition) is 0. The van der Waals surface area contributed by atoms with Gasteiger partial charge in [0.2, 0.25) is 0 Å². The van der Waals surface area contributed by atoms with Crippen LogP contribution in [0.1, 0.15) is 18.1 Å². The minimum absolute atomic E-state index is 0.128. The summed E-state index contributed by atoms with van der Waals surface area (Å²) in [7, 11) is -2.36. The lowest BCUT2D eigenvalue weighted by Gasteiger charge is -2.12. The fourth-order valence-electron chi connectivity index (χ4n) is 3.23. The first kappa shape index (κ1) is 25.3. The molecule has 0 atom stereocenters. The summed E-state index contributed by atoms with van der Waals surface area (Å²) < 4.78 is 40.6. The van der Waals surface area contributed by atoms with Gasteiger partial charge in [-0.3, -0.25) is 9.69 Å². The molecule has 0 N–H and O–H groups in total. The Bertz CT molecular complexity index is 1400. The number of nitrogens with zero attached hydrogens (tertiary/aromatic N) is 2. The normalized spacial score (nSPS) is 16.3. The molecule has 1 saturated heterocycles. The van der Waals surface area contributed by atoms with Gasteiger partial charge >= 0.3 is 0 Å². The Balaban J connectivity index is 1.57. The topological polar surface area (TPSA) is 85.3 Å². The highest BCUT2D eigenvalue weighted by Gasteiger charge is 2.34. The molecule has 1 amide bonds. The highest BCUT2D eigenvalue weighted by Crippen LogP contribution is 2.36. The Morgan fingerprint density at radius 3 is 2.60 bits per heavy atom. The quantitative estimate of drug-likeness (QED) is 0.337. The predicted octanol–water partition coefficient (Wildman–Crippen LogP) is 5.67. The first-order valence-electron chi connectivity index (χ1n) is 10.5. The molecular weight excluding hydrogens is 528 g/mol. The highest BCUT2D eigenvalue weighted by atomic mass is 35.5. The second-order valence-corrected chi connectivity index (χ2v) is 11.4. The molecule has 11 heteroatoms. The number of thiophene rings is 1. The van der Waals surface area contributed by atoms with Gasteiger partial charge in [0.1, 0.15) is 10.8 Å². The number of rotatable bonds is 8. The van der Waals surface area contributed by atoms with Crippen LogP contribution in [-0.2, 0) is 21.4 Å². The molecule has 1 fully saturated rings. The van der Waals surface area contributed by atoms with Crippen LogP contribution in [0.3, 0.4) is 0 Å². The third-order valence-corrected chi connectivity index (χ3v) is 9.11. The van der Waals surface area contributed by atoms with E-state index in [9.17, 15) is 13.2 Å². The zero-order valence-corrected chi connectivity index (χ0v) is 22.0. The monoisotopic (exact) mass is 548 g/mol. The molecule has 0 saturated carbocycles. The zero-order chi connectivity index (χ0) is 25.0. The number of likely N-dealkylation sites (N-methyl/N-ethyl adjacent to an activating group) is 1. The molecule has 2 heterocycles. The van der Waals surface area contributed by atoms with Gasteiger partial charge in [0.05, 0.1) is 12.0 Å². The molecule has 7 nitrogen and oxygen atoms in total. The molecule has 0 aliphatic carbocycles. The lowest BCUT2D eigenvalue weighted by molar-refractivity contribution is -0.122. The molecule has 1 aliphatic heterocycles. The molecule has 2 aromatic carbocycles. The summed E-state index contributed by atoms with van der Waals surface area (Å²) in [6, 6.07) is 15.8. The molecule has 4 rings (SSSR count). The third-order valence-electron chi connectivity index (χ3n) is 4.98. The molecule has 3 aromatic rings. The van der Waals surface area contributed by atoms with E-state index in [1.54, 1.807) is 48.7 Å². The molecular formula is C24H21ClN2O5S3. The minimum Gasteiger partial charge on any atom is -0.493 e. The maximum absolute atomic E-state index is 12.9. The molecule has 0 unspecified atom stereocenters. The maximum atomic E-state index is 12.9. The van der Waals surface area contributed by atoms with Gasteiger partial charge in [0, 0.05) is 17.1 Å². The van der Waals surface area contributed by atoms with E-state index in [1.165, 1.54) is 18.1 Å². The third kappa shape index (κ3) is 5.72. The van der Waals surface area contributed by atoms with Crippen LogP contribution < -0.4 is 9.47 Å². The molecule has 35 heavy (non-hydrogen) atoms. The van der Waals surface area contributed by atoms with Crippen molar-refractivity contribution in [3.05, 3.63) is 81.0 Å². The number of ether oxygens (including phenoxy) is 2. The van der Waals surface area contributed by atoms with E-state index >= 15 is 0 Å². The van der Waals surface area contributed by atoms with Crippen molar-refractivity contribution in [1.29, 1.82) is 0 Å². The first-order valence-corrected chi connectivity index (χ1v) is 14.0. The van der Waals surface area contributed by atoms with Crippen LogP contribution in [0.15, 0.2) is 73.5 Å². The summed E-state index contributed by atoms with van der Waals surface area (Å²) in [5.74, 6) is 0.707. The number of thioether (sulfide) groups is 1. The van der Waals surface area contributed by atoms with Crippen LogP contribution in [0.2, 0.25) is 5.02 Å². The van der Waals surface area contributed by atoms with Crippen molar-refractivity contribution in [2.75, 3.05) is 13.7 Å². The lowest BCUT2D eigenvalue weighted by Crippen LogP contribution is -2.29. The summed E-state index contributed by atoms with van der Waals surface area (Å²) in [6.07, 6.45) is 1.68. The van der Waals surface area contributed by atoms with Gasteiger partial charge in [0.15, 0.2) is 16.7 Å². The van der Waals surface area contributed by atoms with E-state index in [2.05, 4.69) is 4.40 Å². The summed E-state index contributed by atoms with van der Waals surface area (Å²) in [5, 5.41) is 2.41. The van der Waals surface area contributed by atoms with Crippen LogP contribution in [0.5, 0.6) is 11.5 Å². The second-order valence-electron chi connectivity index (χ2n) is 7.23. The zero-order valence-electron chi connectivity index (χ0n) is 18.8. The van der Waals surface area contributed by atoms with Crippen LogP contribution >= 0.6 is 34.7 Å². The van der Waals surface area contributed by atoms with Gasteiger partial charge in [-0.25, -0.2) is 0 Å². The van der Waals surface area contributed by atoms with Gasteiger partial charge < -0.3 is 9.47 Å². The number of amidine groups is 1. The first-order chi connectivity index (χ1) is 16.8. The summed E-state index contributed by atoms with van der Waals surface area (Å²) >= 11 is 8.30. The number of amides is 1. The Hall–Kier alpha value is -2.79. The molecule has 1 aliphatic rings. The number of methoxy groups -OCH3 is 1. The van der Waals surface area contributed by atoms with E-state index < -0.39 is 10.0 Å². The second kappa shape index (κ2) is 10.9. The number of halogens is 1. The van der Waals surface area contributed by atoms with Crippen molar-refractivity contribution in [1.82, 2.24) is 4.90 Å². The molecule has 1 aromatic heterocycles. The van der Waals surface area contributed by atoms with E-state index in [-0.39, 0.29) is 21.9 Å². The van der Waals surface area contributed by atoms with E-state index in [4.69, 9.17) is 21.1 Å². The van der Waals surface area contributed by atoms with Gasteiger partial charge in [-0.05, 0) is 60.0 Å². The number of benzene rings is 2. The number of hydrogen-bond acceptors (Lipinski definition) is 7. The fraction of sp³-hybridized carbons (Fsp3) is 0.167. The molecule has 182 valence electrons. The van der Waals surface area contributed by atoms with Crippen LogP contribution in [0.25, 0.3) is 6.08 Å². The number of carbonyl (C=O) groups is 1. The molecule has 0 radical (unpaired) electrons. The van der Waals surface area contributed by atoms with Gasteiger partial charge in [-0.2, -0.15) is 8.42 Å². The van der Waals surface area contributed by atoms with Crippen molar-refractivity contribution >= 4 is 61.9 Å². The van der Waals surface area contributed by atoms with Crippen LogP contribution in [0.4, 0.5) is 0 Å². The van der Waals surface area contributed by atoms with E-state index in [1.807, 2.05) is 18.2 Å². The maximum Gasteiger partial charge on any atom is 0.294 e. The summed E-state index contributed by atoms with van der Waals surface area (Å²) in [6.45, 7) is 2.33. The van der Waals surface area contributed by atoms with E-state index in [0.29, 0.717) is 33.5 Å². The average molecular weight is 549 g/mol. The molecule has 0 spiro atoms. The standard InChI is InChI=1S/C24H21ClN2O5S3/c1-3-27-23(28)21(34-24(27)26-35(29,30)22-9-6-12-33-22)14-16-10-11-19(20(13-16)31-2)32-15-17-7-4-5-8-18(17)25/h4-14H,3,15H2,1-2H3. The van der Waals surface area contributed by atoms with Crippen molar-refractivity contribution in [2.45, 2.75) is 17.7 Å². The Morgan fingerprint density at radius 2 is 1.91 bits per heavy atom. The summed E-state index contributed by atoms with van der Waals surface area (Å²) in [4.78, 5) is 14.6. The minimum atomic E-state index is -3.89. The fourth-order valence-corrected chi connectivity index (χ4v) is 6.63. The van der Waals surface area contributed by atoms with Crippen molar-refractivity contribution in [3.8, 4) is 11.5 Å². The van der Waals surface area contributed by atoms with E-state index in [0.717, 1.165) is 28.7 Å². The van der Waals surface area contributed by atoms with Gasteiger partial charge in [-0.1, -0.05) is 41.9 Å². The summed E-state index contributed by atoms with van der Waals surface area (Å²) in [5.41, 5.74) is 1.54. The SMILES string of the molecule is CCN1C(=O)C(=Cc2ccc(OCc3ccccc3Cl)c(OC)c2)SC1=NS(=O)(=O)c1cccs1. The van der Waals surface area contributed by atoms with Crippen molar-refractivity contribution < 1.29 is 22.7 Å². The van der Waals surface area contributed by atoms with Crippen LogP contribution in [-0.4, -0.2) is 38.0 Å². The highest BCUT2D eigenvalue weighted by molar-refractivity contribution is 8.19. The largest absolute Gasteiger partial charge is 0.493 e. The smallest absolute Gasteiger partial charge is 0.294 e. The number of carbonyl (C=O) groups excluding carboxylic acids is 1. The van der Waals surface area contributed by atoms with Gasteiger partial charge in [-0.15, -0.1) is 15.7 Å². The van der Waals surface area contributed by atoms with Crippen molar-refractivity contribution in [3.63, 3.8) is 0 Å². The Morgan fingerprint density at radius 1 is 1.11 bits per heavy atom. The average Bonchev–Trinajstić information content (AvgIpc) is 3.48. The Kier molecular flexibility index (Phi) is 7.85. The molecule has 0 bridgehead atoms. The predicted molar refractivity (Wildman–Crippen MR) is 141 cm³/mol. The van der Waals surface area contributed by atoms with Crippen molar-refractivity contribution in [2.24, 2.45) is 4.40 Å². The number of sulfonamides is 1. The van der Waals surface area contributed by atoms with Gasteiger partial charge in [0.25, 0.3) is 15.9 Å². The lowest BCUT2D eigenvalue weighted by atomic mass is 10.1. The Labute approximate surface area is 217 Å². The van der Waals surface area contributed by atoms with Crippen LogP contribution in [0, 0.1) is 0 Å².